The first kappa shape index (κ1) is 13.8. The normalized spacial score (nSPS) is 30.9. The summed E-state index contributed by atoms with van der Waals surface area (Å²) in [6.45, 7) is 0.826. The minimum absolute atomic E-state index is 0.0408. The Morgan fingerprint density at radius 2 is 1.87 bits per heavy atom. The highest BCUT2D eigenvalue weighted by Gasteiger charge is 2.68. The summed E-state index contributed by atoms with van der Waals surface area (Å²) >= 11 is 3.54. The average molecular weight is 368 g/mol. The first-order valence-electron chi connectivity index (χ1n) is 8.13. The van der Waals surface area contributed by atoms with E-state index >= 15 is 0 Å². The number of nitrogens with zero attached hydrogens (tertiary/aromatic N) is 1. The molecule has 0 saturated carbocycles. The van der Waals surface area contributed by atoms with Crippen LogP contribution in [0, 0.1) is 0 Å². The van der Waals surface area contributed by atoms with Gasteiger partial charge in [-0.05, 0) is 42.2 Å². The van der Waals surface area contributed by atoms with Gasteiger partial charge in [0.15, 0.2) is 0 Å². The van der Waals surface area contributed by atoms with Gasteiger partial charge in [0.2, 0.25) is 0 Å². The number of hydrogen-bond donors (Lipinski definition) is 0. The minimum atomic E-state index is -0.313. The van der Waals surface area contributed by atoms with Gasteiger partial charge in [-0.2, -0.15) is 0 Å². The van der Waals surface area contributed by atoms with Crippen LogP contribution in [0.15, 0.2) is 59.1 Å². The van der Waals surface area contributed by atoms with Crippen molar-refractivity contribution < 1.29 is 4.74 Å². The standard InChI is InChI=1S/C20H18BrNO/c1-22-18-5-3-2-4-17(18)20-16(14-6-8-15(21)9-7-14)10-11-19(20,22)12-13-23-20/h2-10H,11-13H2,1H3/t19-,20-/m0/s1. The molecule has 1 saturated heterocycles. The highest BCUT2D eigenvalue weighted by Crippen LogP contribution is 2.66. The Balaban J connectivity index is 1.77. The van der Waals surface area contributed by atoms with Gasteiger partial charge in [-0.25, -0.2) is 0 Å². The van der Waals surface area contributed by atoms with Crippen molar-refractivity contribution in [2.45, 2.75) is 24.0 Å². The number of ether oxygens (including phenoxy) is 1. The maximum absolute atomic E-state index is 6.55. The zero-order valence-corrected chi connectivity index (χ0v) is 14.6. The van der Waals surface area contributed by atoms with E-state index < -0.39 is 0 Å². The molecule has 2 heterocycles. The molecule has 2 aromatic rings. The molecule has 3 aliphatic rings. The molecule has 2 aliphatic heterocycles. The Bertz CT molecular complexity index is 828. The van der Waals surface area contributed by atoms with Crippen molar-refractivity contribution in [1.82, 2.24) is 0 Å². The average Bonchev–Trinajstić information content (AvgIpc) is 3.16. The molecule has 2 aromatic carbocycles. The van der Waals surface area contributed by atoms with Crippen LogP contribution >= 0.6 is 15.9 Å². The number of rotatable bonds is 1. The minimum Gasteiger partial charge on any atom is -0.365 e. The summed E-state index contributed by atoms with van der Waals surface area (Å²) in [5.74, 6) is 0. The molecule has 0 unspecified atom stereocenters. The van der Waals surface area contributed by atoms with Crippen molar-refractivity contribution in [2.24, 2.45) is 0 Å². The maximum atomic E-state index is 6.55. The van der Waals surface area contributed by atoms with Crippen molar-refractivity contribution in [2.75, 3.05) is 18.6 Å². The van der Waals surface area contributed by atoms with Gasteiger partial charge in [0, 0.05) is 22.8 Å². The van der Waals surface area contributed by atoms with E-state index in [9.17, 15) is 0 Å². The molecule has 0 aromatic heterocycles. The van der Waals surface area contributed by atoms with Crippen molar-refractivity contribution in [3.63, 3.8) is 0 Å². The lowest BCUT2D eigenvalue weighted by Crippen LogP contribution is -2.51. The van der Waals surface area contributed by atoms with E-state index in [4.69, 9.17) is 4.74 Å². The fourth-order valence-corrected chi connectivity index (χ4v) is 5.20. The predicted molar refractivity (Wildman–Crippen MR) is 96.6 cm³/mol. The van der Waals surface area contributed by atoms with Gasteiger partial charge >= 0.3 is 0 Å². The predicted octanol–water partition coefficient (Wildman–Crippen LogP) is 4.74. The number of para-hydroxylation sites is 1. The summed E-state index contributed by atoms with van der Waals surface area (Å²) in [6.07, 6.45) is 4.52. The molecular weight excluding hydrogens is 350 g/mol. The number of anilines is 1. The summed E-state index contributed by atoms with van der Waals surface area (Å²) in [6, 6.07) is 17.4. The van der Waals surface area contributed by atoms with Crippen molar-refractivity contribution >= 4 is 27.2 Å². The van der Waals surface area contributed by atoms with E-state index in [-0.39, 0.29) is 11.1 Å². The second kappa shape index (κ2) is 4.49. The van der Waals surface area contributed by atoms with Crippen LogP contribution in [0.2, 0.25) is 0 Å². The van der Waals surface area contributed by atoms with Gasteiger partial charge < -0.3 is 9.64 Å². The first-order chi connectivity index (χ1) is 11.2. The van der Waals surface area contributed by atoms with E-state index in [0.29, 0.717) is 0 Å². The van der Waals surface area contributed by atoms with Crippen LogP contribution in [-0.4, -0.2) is 19.2 Å². The van der Waals surface area contributed by atoms with Crippen LogP contribution in [0.5, 0.6) is 0 Å². The van der Waals surface area contributed by atoms with E-state index in [1.807, 2.05) is 0 Å². The number of benzene rings is 2. The lowest BCUT2D eigenvalue weighted by molar-refractivity contribution is 0.0311. The van der Waals surface area contributed by atoms with Crippen LogP contribution in [0.4, 0.5) is 5.69 Å². The number of fused-ring (bicyclic) bond motifs is 1. The molecule has 0 amide bonds. The molecule has 1 aliphatic carbocycles. The summed E-state index contributed by atoms with van der Waals surface area (Å²) in [5, 5.41) is 0. The van der Waals surface area contributed by atoms with E-state index in [0.717, 1.165) is 23.9 Å². The molecule has 116 valence electrons. The second-order valence-electron chi connectivity index (χ2n) is 6.72. The fourth-order valence-electron chi connectivity index (χ4n) is 4.93. The van der Waals surface area contributed by atoms with Gasteiger partial charge in [-0.1, -0.05) is 52.3 Å². The highest BCUT2D eigenvalue weighted by molar-refractivity contribution is 9.10. The lowest BCUT2D eigenvalue weighted by Gasteiger charge is -2.40. The Labute approximate surface area is 144 Å². The van der Waals surface area contributed by atoms with Gasteiger partial charge in [-0.15, -0.1) is 0 Å². The number of hydrogen-bond acceptors (Lipinski definition) is 2. The Kier molecular flexibility index (Phi) is 2.70. The van der Waals surface area contributed by atoms with Crippen LogP contribution in [0.1, 0.15) is 24.0 Å². The van der Waals surface area contributed by atoms with Crippen LogP contribution in [0.25, 0.3) is 5.57 Å². The van der Waals surface area contributed by atoms with Crippen LogP contribution in [-0.2, 0) is 10.3 Å². The molecule has 2 atom stereocenters. The van der Waals surface area contributed by atoms with Crippen LogP contribution in [0.3, 0.4) is 0 Å². The van der Waals surface area contributed by atoms with E-state index in [1.54, 1.807) is 0 Å². The van der Waals surface area contributed by atoms with E-state index in [2.05, 4.69) is 82.5 Å². The third-order valence-electron chi connectivity index (χ3n) is 5.95. The summed E-state index contributed by atoms with van der Waals surface area (Å²) in [5.41, 5.74) is 4.97. The lowest BCUT2D eigenvalue weighted by atomic mass is 9.75. The van der Waals surface area contributed by atoms with Gasteiger partial charge in [0.05, 0.1) is 12.1 Å². The summed E-state index contributed by atoms with van der Waals surface area (Å²) in [4.78, 5) is 2.47. The maximum Gasteiger partial charge on any atom is 0.144 e. The van der Waals surface area contributed by atoms with E-state index in [1.165, 1.54) is 22.4 Å². The molecule has 23 heavy (non-hydrogen) atoms. The van der Waals surface area contributed by atoms with Gasteiger partial charge in [-0.3, -0.25) is 0 Å². The third-order valence-corrected chi connectivity index (χ3v) is 6.48. The molecular formula is C20H18BrNO. The van der Waals surface area contributed by atoms with Gasteiger partial charge in [0.25, 0.3) is 0 Å². The Morgan fingerprint density at radius 1 is 1.09 bits per heavy atom. The SMILES string of the molecule is CN1c2ccccc2[C@]23OCC[C@]12CC=C3c1ccc(Br)cc1. The molecule has 2 nitrogen and oxygen atoms in total. The summed E-state index contributed by atoms with van der Waals surface area (Å²) < 4.78 is 7.66. The van der Waals surface area contributed by atoms with Crippen molar-refractivity contribution in [1.29, 1.82) is 0 Å². The highest BCUT2D eigenvalue weighted by atomic mass is 79.9. The molecule has 0 bridgehead atoms. The van der Waals surface area contributed by atoms with Crippen LogP contribution < -0.4 is 4.90 Å². The first-order valence-corrected chi connectivity index (χ1v) is 8.92. The zero-order valence-electron chi connectivity index (χ0n) is 13.1. The fraction of sp³-hybridized carbons (Fsp3) is 0.300. The summed E-state index contributed by atoms with van der Waals surface area (Å²) in [7, 11) is 2.23. The third kappa shape index (κ3) is 1.48. The molecule has 0 N–H and O–H groups in total. The Morgan fingerprint density at radius 3 is 2.70 bits per heavy atom. The quantitative estimate of drug-likeness (QED) is 0.721. The molecule has 1 fully saturated rings. The molecule has 0 radical (unpaired) electrons. The second-order valence-corrected chi connectivity index (χ2v) is 7.63. The number of likely N-dealkylation sites (N-methyl/N-ethyl adjacent to an activating group) is 1. The molecule has 5 rings (SSSR count). The van der Waals surface area contributed by atoms with Crippen molar-refractivity contribution in [3.8, 4) is 0 Å². The topological polar surface area (TPSA) is 12.5 Å². The smallest absolute Gasteiger partial charge is 0.144 e. The van der Waals surface area contributed by atoms with Gasteiger partial charge in [0.1, 0.15) is 5.60 Å². The molecule has 0 spiro atoms. The monoisotopic (exact) mass is 367 g/mol. The van der Waals surface area contributed by atoms with Crippen molar-refractivity contribution in [3.05, 3.63) is 70.2 Å². The number of halogens is 1. The molecule has 3 heteroatoms. The Hall–Kier alpha value is -1.58. The zero-order chi connectivity index (χ0) is 15.7. The largest absolute Gasteiger partial charge is 0.365 e.